The van der Waals surface area contributed by atoms with E-state index in [4.69, 9.17) is 11.6 Å². The largest absolute Gasteiger partial charge is 0.338 e. The smallest absolute Gasteiger partial charge is 0.146 e. The third-order valence-corrected chi connectivity index (χ3v) is 2.14. The van der Waals surface area contributed by atoms with E-state index in [2.05, 4.69) is 15.3 Å². The highest BCUT2D eigenvalue weighted by atomic mass is 35.5. The number of aryl methyl sites for hydroxylation is 1. The predicted molar refractivity (Wildman–Crippen MR) is 61.5 cm³/mol. The van der Waals surface area contributed by atoms with Crippen LogP contribution in [0, 0.1) is 12.7 Å². The van der Waals surface area contributed by atoms with E-state index in [1.165, 1.54) is 6.07 Å². The second kappa shape index (κ2) is 4.45. The van der Waals surface area contributed by atoms with Gasteiger partial charge in [0.1, 0.15) is 22.6 Å². The van der Waals surface area contributed by atoms with Gasteiger partial charge in [-0.25, -0.2) is 14.4 Å². The van der Waals surface area contributed by atoms with Crippen LogP contribution in [0.3, 0.4) is 0 Å². The fraction of sp³-hybridized carbons (Fsp3) is 0.0909. The van der Waals surface area contributed by atoms with Gasteiger partial charge >= 0.3 is 0 Å². The summed E-state index contributed by atoms with van der Waals surface area (Å²) in [7, 11) is 0. The minimum absolute atomic E-state index is 0.325. The highest BCUT2D eigenvalue weighted by molar-refractivity contribution is 6.29. The van der Waals surface area contributed by atoms with Crippen molar-refractivity contribution in [2.24, 2.45) is 0 Å². The van der Waals surface area contributed by atoms with Crippen LogP contribution in [-0.2, 0) is 0 Å². The third-order valence-electron chi connectivity index (χ3n) is 1.94. The van der Waals surface area contributed by atoms with E-state index in [0.29, 0.717) is 22.5 Å². The molecule has 1 aromatic carbocycles. The number of benzene rings is 1. The molecular weight excluding hydrogens is 229 g/mol. The molecule has 0 saturated carbocycles. The van der Waals surface area contributed by atoms with Gasteiger partial charge in [-0.15, -0.1) is 0 Å². The van der Waals surface area contributed by atoms with Gasteiger partial charge in [-0.1, -0.05) is 23.7 Å². The topological polar surface area (TPSA) is 37.8 Å². The second-order valence-electron chi connectivity index (χ2n) is 3.23. The summed E-state index contributed by atoms with van der Waals surface area (Å²) >= 11 is 5.77. The molecule has 2 rings (SSSR count). The standard InChI is InChI=1S/C11H9ClFN3/c1-7-14-10(12)6-11(15-7)16-9-5-3-2-4-8(9)13/h2-6H,1H3,(H,14,15,16). The Morgan fingerprint density at radius 1 is 1.25 bits per heavy atom. The Morgan fingerprint density at radius 2 is 2.00 bits per heavy atom. The van der Waals surface area contributed by atoms with Crippen molar-refractivity contribution < 1.29 is 4.39 Å². The van der Waals surface area contributed by atoms with Gasteiger partial charge in [-0.3, -0.25) is 0 Å². The van der Waals surface area contributed by atoms with Gasteiger partial charge in [-0.05, 0) is 19.1 Å². The van der Waals surface area contributed by atoms with Gasteiger partial charge in [0.15, 0.2) is 0 Å². The monoisotopic (exact) mass is 237 g/mol. The van der Waals surface area contributed by atoms with Crippen LogP contribution in [0.5, 0.6) is 0 Å². The van der Waals surface area contributed by atoms with Crippen LogP contribution < -0.4 is 5.32 Å². The van der Waals surface area contributed by atoms with Crippen LogP contribution in [0.15, 0.2) is 30.3 Å². The van der Waals surface area contributed by atoms with Crippen LogP contribution in [0.2, 0.25) is 5.15 Å². The van der Waals surface area contributed by atoms with Gasteiger partial charge in [-0.2, -0.15) is 0 Å². The maximum absolute atomic E-state index is 13.3. The lowest BCUT2D eigenvalue weighted by molar-refractivity contribution is 0.632. The van der Waals surface area contributed by atoms with Crippen molar-refractivity contribution >= 4 is 23.1 Å². The van der Waals surface area contributed by atoms with E-state index < -0.39 is 0 Å². The number of hydrogen-bond donors (Lipinski definition) is 1. The number of nitrogens with one attached hydrogen (secondary N) is 1. The average molecular weight is 238 g/mol. The molecule has 0 spiro atoms. The Kier molecular flexibility index (Phi) is 3.01. The first-order valence-corrected chi connectivity index (χ1v) is 5.06. The second-order valence-corrected chi connectivity index (χ2v) is 3.62. The number of para-hydroxylation sites is 1. The van der Waals surface area contributed by atoms with Crippen molar-refractivity contribution in [2.75, 3.05) is 5.32 Å². The molecule has 16 heavy (non-hydrogen) atoms. The molecule has 0 atom stereocenters. The molecule has 5 heteroatoms. The quantitative estimate of drug-likeness (QED) is 0.815. The summed E-state index contributed by atoms with van der Waals surface area (Å²) in [4.78, 5) is 8.02. The zero-order valence-corrected chi connectivity index (χ0v) is 9.29. The SMILES string of the molecule is Cc1nc(Cl)cc(Nc2ccccc2F)n1. The average Bonchev–Trinajstić information content (AvgIpc) is 2.20. The van der Waals surface area contributed by atoms with Gasteiger partial charge in [0, 0.05) is 6.07 Å². The molecule has 0 fully saturated rings. The lowest BCUT2D eigenvalue weighted by Crippen LogP contribution is -1.98. The van der Waals surface area contributed by atoms with Crippen molar-refractivity contribution in [3.8, 4) is 0 Å². The normalized spacial score (nSPS) is 10.2. The van der Waals surface area contributed by atoms with E-state index in [-0.39, 0.29) is 5.82 Å². The van der Waals surface area contributed by atoms with Crippen LogP contribution >= 0.6 is 11.6 Å². The molecule has 0 bridgehead atoms. The zero-order chi connectivity index (χ0) is 11.5. The molecule has 1 aromatic heterocycles. The van der Waals surface area contributed by atoms with Crippen LogP contribution in [0.1, 0.15) is 5.82 Å². The summed E-state index contributed by atoms with van der Waals surface area (Å²) < 4.78 is 13.3. The van der Waals surface area contributed by atoms with E-state index >= 15 is 0 Å². The van der Waals surface area contributed by atoms with Crippen LogP contribution in [0.25, 0.3) is 0 Å². The molecule has 82 valence electrons. The molecular formula is C11H9ClFN3. The lowest BCUT2D eigenvalue weighted by Gasteiger charge is -2.07. The Balaban J connectivity index is 2.30. The summed E-state index contributed by atoms with van der Waals surface area (Å²) in [5.74, 6) is 0.670. The number of anilines is 2. The van der Waals surface area contributed by atoms with Gasteiger partial charge in [0.25, 0.3) is 0 Å². The summed E-state index contributed by atoms with van der Waals surface area (Å²) in [6, 6.07) is 7.90. The van der Waals surface area contributed by atoms with Crippen molar-refractivity contribution in [1.82, 2.24) is 9.97 Å². The molecule has 1 heterocycles. The highest BCUT2D eigenvalue weighted by Gasteiger charge is 2.03. The summed E-state index contributed by atoms with van der Waals surface area (Å²) in [5, 5.41) is 3.17. The van der Waals surface area contributed by atoms with Gasteiger partial charge in [0.05, 0.1) is 5.69 Å². The maximum Gasteiger partial charge on any atom is 0.146 e. The molecule has 0 saturated heterocycles. The lowest BCUT2D eigenvalue weighted by atomic mass is 10.3. The van der Waals surface area contributed by atoms with Crippen molar-refractivity contribution in [3.05, 3.63) is 47.1 Å². The van der Waals surface area contributed by atoms with E-state index in [1.807, 2.05) is 0 Å². The Bertz CT molecular complexity index is 496. The molecule has 3 nitrogen and oxygen atoms in total. The van der Waals surface area contributed by atoms with Crippen LogP contribution in [-0.4, -0.2) is 9.97 Å². The number of hydrogen-bond acceptors (Lipinski definition) is 3. The first-order valence-electron chi connectivity index (χ1n) is 4.68. The first-order chi connectivity index (χ1) is 7.65. The molecule has 0 unspecified atom stereocenters. The molecule has 0 amide bonds. The fourth-order valence-electron chi connectivity index (χ4n) is 1.30. The van der Waals surface area contributed by atoms with Crippen molar-refractivity contribution in [3.63, 3.8) is 0 Å². The Labute approximate surface area is 97.3 Å². The summed E-state index contributed by atoms with van der Waals surface area (Å²) in [5.41, 5.74) is 0.358. The van der Waals surface area contributed by atoms with E-state index in [9.17, 15) is 4.39 Å². The minimum Gasteiger partial charge on any atom is -0.338 e. The predicted octanol–water partition coefficient (Wildman–Crippen LogP) is 3.32. The molecule has 1 N–H and O–H groups in total. The molecule has 2 aromatic rings. The van der Waals surface area contributed by atoms with Gasteiger partial charge < -0.3 is 5.32 Å². The molecule has 0 aliphatic carbocycles. The number of halogens is 2. The number of nitrogens with zero attached hydrogens (tertiary/aromatic N) is 2. The van der Waals surface area contributed by atoms with Crippen molar-refractivity contribution in [1.29, 1.82) is 0 Å². The Hall–Kier alpha value is -1.68. The van der Waals surface area contributed by atoms with Crippen LogP contribution in [0.4, 0.5) is 15.9 Å². The maximum atomic E-state index is 13.3. The Morgan fingerprint density at radius 3 is 2.69 bits per heavy atom. The zero-order valence-electron chi connectivity index (χ0n) is 8.54. The summed E-state index contributed by atoms with van der Waals surface area (Å²) in [6.45, 7) is 1.72. The minimum atomic E-state index is -0.338. The highest BCUT2D eigenvalue weighted by Crippen LogP contribution is 2.19. The van der Waals surface area contributed by atoms with E-state index in [1.54, 1.807) is 31.2 Å². The fourth-order valence-corrected chi connectivity index (χ4v) is 1.52. The summed E-state index contributed by atoms with van der Waals surface area (Å²) in [6.07, 6.45) is 0. The number of aromatic nitrogens is 2. The molecule has 0 aliphatic rings. The third kappa shape index (κ3) is 2.46. The van der Waals surface area contributed by atoms with E-state index in [0.717, 1.165) is 0 Å². The number of rotatable bonds is 2. The van der Waals surface area contributed by atoms with Gasteiger partial charge in [0.2, 0.25) is 0 Å². The first kappa shape index (κ1) is 10.8. The molecule has 0 radical (unpaired) electrons. The van der Waals surface area contributed by atoms with Crippen molar-refractivity contribution in [2.45, 2.75) is 6.92 Å². The molecule has 0 aliphatic heterocycles.